The fraction of sp³-hybridized carbons (Fsp3) is 0.867. The van der Waals surface area contributed by atoms with Crippen molar-refractivity contribution in [3.8, 4) is 0 Å². The third-order valence-electron chi connectivity index (χ3n) is 5.14. The van der Waals surface area contributed by atoms with Gasteiger partial charge < -0.3 is 5.11 Å². The van der Waals surface area contributed by atoms with Gasteiger partial charge in [0, 0.05) is 5.92 Å². The normalized spacial score (nSPS) is 29.8. The van der Waals surface area contributed by atoms with Crippen LogP contribution in [0.25, 0.3) is 0 Å². The lowest BCUT2D eigenvalue weighted by Crippen LogP contribution is -2.29. The lowest BCUT2D eigenvalue weighted by atomic mass is 9.84. The topological polar surface area (TPSA) is 80.9 Å². The Balaban J connectivity index is 1.88. The van der Waals surface area contributed by atoms with Crippen LogP contribution in [0.4, 0.5) is 0 Å². The molecule has 21 heavy (non-hydrogen) atoms. The molecule has 3 atom stereocenters. The average Bonchev–Trinajstić information content (AvgIpc) is 2.93. The van der Waals surface area contributed by atoms with Gasteiger partial charge in [-0.2, -0.15) is 0 Å². The highest BCUT2D eigenvalue weighted by Crippen LogP contribution is 2.61. The highest BCUT2D eigenvalue weighted by atomic mass is 16.4. The number of fused-ring (bicyclic) bond motifs is 1. The summed E-state index contributed by atoms with van der Waals surface area (Å²) in [6.07, 6.45) is 5.19. The van der Waals surface area contributed by atoms with Crippen molar-refractivity contribution in [1.82, 2.24) is 20.2 Å². The number of carbonyl (C=O) groups is 1. The van der Waals surface area contributed by atoms with E-state index >= 15 is 0 Å². The van der Waals surface area contributed by atoms with Gasteiger partial charge in [-0.3, -0.25) is 4.79 Å². The Morgan fingerprint density at radius 3 is 2.48 bits per heavy atom. The van der Waals surface area contributed by atoms with Crippen LogP contribution in [0.1, 0.15) is 70.7 Å². The van der Waals surface area contributed by atoms with E-state index in [9.17, 15) is 9.90 Å². The SMILES string of the molecule is CC(C)(C)C(CC(=O)O)n1nnnc1C1C2CCCCC21. The van der Waals surface area contributed by atoms with E-state index in [2.05, 4.69) is 15.5 Å². The van der Waals surface area contributed by atoms with Gasteiger partial charge in [0.1, 0.15) is 0 Å². The molecule has 0 bridgehead atoms. The van der Waals surface area contributed by atoms with Crippen LogP contribution in [0, 0.1) is 17.3 Å². The molecular formula is C15H24N4O2. The van der Waals surface area contributed by atoms with Gasteiger partial charge in [-0.25, -0.2) is 4.68 Å². The van der Waals surface area contributed by atoms with E-state index in [0.717, 1.165) is 5.82 Å². The molecule has 0 aliphatic heterocycles. The highest BCUT2D eigenvalue weighted by Gasteiger charge is 2.54. The molecule has 1 aromatic rings. The van der Waals surface area contributed by atoms with Crippen LogP contribution in [-0.2, 0) is 4.79 Å². The van der Waals surface area contributed by atoms with Crippen LogP contribution in [0.2, 0.25) is 0 Å². The zero-order valence-electron chi connectivity index (χ0n) is 13.0. The van der Waals surface area contributed by atoms with Gasteiger partial charge in [-0.15, -0.1) is 5.10 Å². The summed E-state index contributed by atoms with van der Waals surface area (Å²) in [7, 11) is 0. The van der Waals surface area contributed by atoms with Gasteiger partial charge in [0.15, 0.2) is 5.82 Å². The molecular weight excluding hydrogens is 268 g/mol. The fourth-order valence-electron chi connectivity index (χ4n) is 3.94. The van der Waals surface area contributed by atoms with Crippen LogP contribution in [0.15, 0.2) is 0 Å². The Kier molecular flexibility index (Phi) is 3.50. The van der Waals surface area contributed by atoms with E-state index in [1.807, 2.05) is 20.8 Å². The van der Waals surface area contributed by atoms with Crippen molar-refractivity contribution in [2.24, 2.45) is 17.3 Å². The van der Waals surface area contributed by atoms with E-state index in [-0.39, 0.29) is 17.9 Å². The molecule has 0 amide bonds. The first-order valence-corrected chi connectivity index (χ1v) is 7.89. The van der Waals surface area contributed by atoms with Crippen molar-refractivity contribution >= 4 is 5.97 Å². The lowest BCUT2D eigenvalue weighted by molar-refractivity contribution is -0.138. The highest BCUT2D eigenvalue weighted by molar-refractivity contribution is 5.67. The van der Waals surface area contributed by atoms with Gasteiger partial charge in [-0.05, 0) is 40.5 Å². The predicted molar refractivity (Wildman–Crippen MR) is 76.8 cm³/mol. The summed E-state index contributed by atoms with van der Waals surface area (Å²) in [5, 5.41) is 21.5. The number of tetrazole rings is 1. The number of carboxylic acid groups (broad SMARTS) is 1. The maximum Gasteiger partial charge on any atom is 0.305 e. The Morgan fingerprint density at radius 1 is 1.33 bits per heavy atom. The fourth-order valence-corrected chi connectivity index (χ4v) is 3.94. The van der Waals surface area contributed by atoms with Crippen LogP contribution < -0.4 is 0 Å². The summed E-state index contributed by atoms with van der Waals surface area (Å²) in [4.78, 5) is 11.2. The molecule has 1 heterocycles. The summed E-state index contributed by atoms with van der Waals surface area (Å²) in [6.45, 7) is 6.14. The first-order chi connectivity index (χ1) is 9.89. The van der Waals surface area contributed by atoms with Gasteiger partial charge >= 0.3 is 5.97 Å². The maximum atomic E-state index is 11.2. The molecule has 2 saturated carbocycles. The summed E-state index contributed by atoms with van der Waals surface area (Å²) in [5.41, 5.74) is -0.192. The molecule has 2 aliphatic carbocycles. The second kappa shape index (κ2) is 5.07. The number of aromatic nitrogens is 4. The third-order valence-corrected chi connectivity index (χ3v) is 5.14. The largest absolute Gasteiger partial charge is 0.481 e. The lowest BCUT2D eigenvalue weighted by Gasteiger charge is -2.30. The Morgan fingerprint density at radius 2 is 1.95 bits per heavy atom. The molecule has 3 rings (SSSR count). The molecule has 1 N–H and O–H groups in total. The molecule has 2 aliphatic rings. The summed E-state index contributed by atoms with van der Waals surface area (Å²) < 4.78 is 1.80. The summed E-state index contributed by atoms with van der Waals surface area (Å²) in [5.74, 6) is 1.99. The molecule has 0 spiro atoms. The molecule has 0 aromatic carbocycles. The zero-order valence-corrected chi connectivity index (χ0v) is 13.0. The van der Waals surface area contributed by atoms with Crippen molar-refractivity contribution in [1.29, 1.82) is 0 Å². The van der Waals surface area contributed by atoms with E-state index in [0.29, 0.717) is 17.8 Å². The third kappa shape index (κ3) is 2.68. The van der Waals surface area contributed by atoms with Crippen molar-refractivity contribution in [2.45, 2.75) is 64.8 Å². The number of hydrogen-bond acceptors (Lipinski definition) is 4. The Bertz CT molecular complexity index is 522. The molecule has 116 valence electrons. The summed E-state index contributed by atoms with van der Waals surface area (Å²) >= 11 is 0. The standard InChI is InChI=1S/C15H24N4O2/c1-15(2,3)11(8-12(20)21)19-14(16-17-18-19)13-9-6-4-5-7-10(9)13/h9-11,13H,4-8H2,1-3H3,(H,20,21). The van der Waals surface area contributed by atoms with Crippen LogP contribution in [0.3, 0.4) is 0 Å². The van der Waals surface area contributed by atoms with Gasteiger partial charge in [0.25, 0.3) is 0 Å². The van der Waals surface area contributed by atoms with E-state index in [1.54, 1.807) is 4.68 Å². The number of nitrogens with zero attached hydrogens (tertiary/aromatic N) is 4. The molecule has 0 saturated heterocycles. The van der Waals surface area contributed by atoms with Crippen molar-refractivity contribution in [2.75, 3.05) is 0 Å². The zero-order chi connectivity index (χ0) is 15.2. The number of hydrogen-bond donors (Lipinski definition) is 1. The summed E-state index contributed by atoms with van der Waals surface area (Å²) in [6, 6.07) is -0.206. The minimum atomic E-state index is -0.801. The molecule has 6 nitrogen and oxygen atoms in total. The molecule has 2 fully saturated rings. The number of aliphatic carboxylic acids is 1. The smallest absolute Gasteiger partial charge is 0.305 e. The minimum absolute atomic E-state index is 0.0591. The van der Waals surface area contributed by atoms with Gasteiger partial charge in [0.05, 0.1) is 12.5 Å². The predicted octanol–water partition coefficient (Wildman–Crippen LogP) is 2.64. The number of carboxylic acids is 1. The maximum absolute atomic E-state index is 11.2. The molecule has 0 radical (unpaired) electrons. The second-order valence-corrected chi connectivity index (χ2v) is 7.60. The van der Waals surface area contributed by atoms with E-state index in [1.165, 1.54) is 25.7 Å². The monoisotopic (exact) mass is 292 g/mol. The van der Waals surface area contributed by atoms with Gasteiger partial charge in [0.2, 0.25) is 0 Å². The minimum Gasteiger partial charge on any atom is -0.481 e. The van der Waals surface area contributed by atoms with Crippen LogP contribution in [-0.4, -0.2) is 31.3 Å². The first-order valence-electron chi connectivity index (χ1n) is 7.89. The number of rotatable bonds is 4. The van der Waals surface area contributed by atoms with Crippen molar-refractivity contribution < 1.29 is 9.90 Å². The second-order valence-electron chi connectivity index (χ2n) is 7.60. The Hall–Kier alpha value is -1.46. The van der Waals surface area contributed by atoms with E-state index in [4.69, 9.17) is 0 Å². The van der Waals surface area contributed by atoms with Crippen LogP contribution in [0.5, 0.6) is 0 Å². The quantitative estimate of drug-likeness (QED) is 0.922. The average molecular weight is 292 g/mol. The van der Waals surface area contributed by atoms with Gasteiger partial charge in [-0.1, -0.05) is 33.6 Å². The first kappa shape index (κ1) is 14.5. The molecule has 1 aromatic heterocycles. The molecule has 6 heteroatoms. The van der Waals surface area contributed by atoms with Crippen molar-refractivity contribution in [3.05, 3.63) is 5.82 Å². The molecule has 3 unspecified atom stereocenters. The van der Waals surface area contributed by atoms with E-state index < -0.39 is 5.97 Å². The van der Waals surface area contributed by atoms with Crippen molar-refractivity contribution in [3.63, 3.8) is 0 Å². The Labute approximate surface area is 124 Å². The van der Waals surface area contributed by atoms with Crippen LogP contribution >= 0.6 is 0 Å².